The summed E-state index contributed by atoms with van der Waals surface area (Å²) in [5, 5.41) is 6.16. The normalized spacial score (nSPS) is 18.5. The first-order valence-electron chi connectivity index (χ1n) is 11.1. The van der Waals surface area contributed by atoms with E-state index in [-0.39, 0.29) is 18.0 Å². The molecule has 0 aromatic heterocycles. The van der Waals surface area contributed by atoms with Crippen LogP contribution in [0.3, 0.4) is 0 Å². The monoisotopic (exact) mass is 434 g/mol. The minimum absolute atomic E-state index is 0.205. The summed E-state index contributed by atoms with van der Waals surface area (Å²) in [5.74, 6) is 1.46. The molecule has 168 valence electrons. The summed E-state index contributed by atoms with van der Waals surface area (Å²) in [5.41, 5.74) is 3.25. The molecule has 2 aromatic rings. The van der Waals surface area contributed by atoms with Gasteiger partial charge in [-0.25, -0.2) is 9.79 Å². The molecule has 1 aliphatic carbocycles. The van der Waals surface area contributed by atoms with Gasteiger partial charge in [0, 0.05) is 11.8 Å². The van der Waals surface area contributed by atoms with Crippen molar-refractivity contribution in [3.8, 4) is 11.5 Å². The second-order valence-electron chi connectivity index (χ2n) is 8.22. The Balaban J connectivity index is 1.70. The van der Waals surface area contributed by atoms with Crippen molar-refractivity contribution in [2.24, 2.45) is 9.98 Å². The van der Waals surface area contributed by atoms with Crippen molar-refractivity contribution in [1.82, 2.24) is 10.6 Å². The van der Waals surface area contributed by atoms with Gasteiger partial charge in [-0.3, -0.25) is 10.3 Å². The summed E-state index contributed by atoms with van der Waals surface area (Å²) >= 11 is 0. The molecule has 1 heterocycles. The number of fused-ring (bicyclic) bond motifs is 1. The molecule has 2 aliphatic rings. The Labute approximate surface area is 189 Å². The number of urea groups is 1. The molecule has 0 unspecified atom stereocenters. The molecule has 2 aromatic carbocycles. The maximum atomic E-state index is 12.9. The van der Waals surface area contributed by atoms with E-state index >= 15 is 0 Å². The van der Waals surface area contributed by atoms with Crippen molar-refractivity contribution in [2.45, 2.75) is 51.0 Å². The zero-order valence-corrected chi connectivity index (χ0v) is 18.9. The highest BCUT2D eigenvalue weighted by Crippen LogP contribution is 2.36. The zero-order chi connectivity index (χ0) is 22.5. The van der Waals surface area contributed by atoms with Crippen LogP contribution in [0.5, 0.6) is 11.5 Å². The highest BCUT2D eigenvalue weighted by molar-refractivity contribution is 6.17. The van der Waals surface area contributed by atoms with E-state index < -0.39 is 0 Å². The molecule has 0 saturated heterocycles. The number of carbonyl (C=O) groups is 1. The predicted octanol–water partition coefficient (Wildman–Crippen LogP) is 5.26. The number of nitrogens with one attached hydrogen (secondary N) is 2. The van der Waals surface area contributed by atoms with Crippen LogP contribution in [-0.4, -0.2) is 37.8 Å². The maximum Gasteiger partial charge on any atom is 0.320 e. The van der Waals surface area contributed by atoms with Crippen molar-refractivity contribution in [1.29, 1.82) is 0 Å². The molecular weight excluding hydrogens is 404 g/mol. The van der Waals surface area contributed by atoms with E-state index in [9.17, 15) is 4.79 Å². The summed E-state index contributed by atoms with van der Waals surface area (Å²) in [6, 6.07) is 13.4. The molecule has 4 rings (SSSR count). The lowest BCUT2D eigenvalue weighted by atomic mass is 9.92. The molecule has 7 nitrogen and oxygen atoms in total. The maximum absolute atomic E-state index is 12.9. The van der Waals surface area contributed by atoms with Crippen LogP contribution in [-0.2, 0) is 0 Å². The minimum Gasteiger partial charge on any atom is -0.493 e. The summed E-state index contributed by atoms with van der Waals surface area (Å²) in [6.07, 6.45) is 5.57. The molecule has 2 N–H and O–H groups in total. The smallest absolute Gasteiger partial charge is 0.320 e. The number of para-hydroxylation sites is 2. The minimum atomic E-state index is -0.334. The van der Waals surface area contributed by atoms with Gasteiger partial charge in [0.15, 0.2) is 11.5 Å². The number of ether oxygens (including phenoxy) is 2. The molecule has 0 radical (unpaired) electrons. The van der Waals surface area contributed by atoms with Crippen LogP contribution in [0.25, 0.3) is 0 Å². The van der Waals surface area contributed by atoms with Crippen molar-refractivity contribution >= 4 is 29.0 Å². The van der Waals surface area contributed by atoms with Crippen molar-refractivity contribution in [3.05, 3.63) is 48.0 Å². The van der Waals surface area contributed by atoms with Crippen LogP contribution in [0.1, 0.15) is 50.5 Å². The number of amidine groups is 1. The molecule has 1 fully saturated rings. The first-order chi connectivity index (χ1) is 15.6. The van der Waals surface area contributed by atoms with Gasteiger partial charge in [0.2, 0.25) is 0 Å². The quantitative estimate of drug-likeness (QED) is 0.689. The average molecular weight is 435 g/mol. The first-order valence-corrected chi connectivity index (χ1v) is 11.1. The Kier molecular flexibility index (Phi) is 6.73. The van der Waals surface area contributed by atoms with E-state index in [1.54, 1.807) is 14.2 Å². The Morgan fingerprint density at radius 2 is 1.62 bits per heavy atom. The fourth-order valence-corrected chi connectivity index (χ4v) is 4.42. The number of hydrogen-bond acceptors (Lipinski definition) is 5. The van der Waals surface area contributed by atoms with Gasteiger partial charge in [-0.1, -0.05) is 37.5 Å². The lowest BCUT2D eigenvalue weighted by molar-refractivity contribution is 0.237. The van der Waals surface area contributed by atoms with Gasteiger partial charge in [-0.15, -0.1) is 0 Å². The molecule has 1 saturated carbocycles. The Morgan fingerprint density at radius 3 is 2.31 bits per heavy atom. The Morgan fingerprint density at radius 1 is 0.938 bits per heavy atom. The molecule has 0 spiro atoms. The van der Waals surface area contributed by atoms with E-state index in [0.29, 0.717) is 17.3 Å². The third-order valence-corrected chi connectivity index (χ3v) is 6.03. The van der Waals surface area contributed by atoms with E-state index in [4.69, 9.17) is 19.5 Å². The van der Waals surface area contributed by atoms with Crippen LogP contribution in [0, 0.1) is 0 Å². The molecular formula is C25H30N4O3. The number of benzene rings is 2. The second-order valence-corrected chi connectivity index (χ2v) is 8.22. The molecule has 0 bridgehead atoms. The van der Waals surface area contributed by atoms with E-state index in [0.717, 1.165) is 48.3 Å². The standard InChI is InChI=1S/C25H30N4O3/c1-16-23(17-13-14-21(31-2)22(15-17)32-3)24(28-20-12-8-7-11-19(20)26-16)29-25(30)27-18-9-5-4-6-10-18/h7-8,11-15,18,23H,4-6,9-10H2,1-3H3,(H2,27,28,29,30)/t23-/m0/s1. The van der Waals surface area contributed by atoms with Crippen LogP contribution < -0.4 is 20.1 Å². The van der Waals surface area contributed by atoms with Crippen molar-refractivity contribution < 1.29 is 14.3 Å². The molecule has 32 heavy (non-hydrogen) atoms. The van der Waals surface area contributed by atoms with Crippen molar-refractivity contribution in [3.63, 3.8) is 0 Å². The summed E-state index contributed by atoms with van der Waals surface area (Å²) in [7, 11) is 3.22. The number of hydrogen-bond donors (Lipinski definition) is 2. The molecule has 1 atom stereocenters. The van der Waals surface area contributed by atoms with E-state index in [2.05, 4.69) is 10.6 Å². The van der Waals surface area contributed by atoms with E-state index in [1.807, 2.05) is 49.4 Å². The van der Waals surface area contributed by atoms with Gasteiger partial charge in [-0.05, 0) is 49.6 Å². The fourth-order valence-electron chi connectivity index (χ4n) is 4.42. The Hall–Kier alpha value is -3.35. The van der Waals surface area contributed by atoms with Gasteiger partial charge in [-0.2, -0.15) is 0 Å². The third-order valence-electron chi connectivity index (χ3n) is 6.03. The average Bonchev–Trinajstić information content (AvgIpc) is 2.94. The summed E-state index contributed by atoms with van der Waals surface area (Å²) < 4.78 is 10.9. The highest BCUT2D eigenvalue weighted by Gasteiger charge is 2.28. The van der Waals surface area contributed by atoms with Crippen LogP contribution >= 0.6 is 0 Å². The topological polar surface area (TPSA) is 84.3 Å². The molecule has 1 aliphatic heterocycles. The zero-order valence-electron chi connectivity index (χ0n) is 18.9. The highest BCUT2D eigenvalue weighted by atomic mass is 16.5. The van der Waals surface area contributed by atoms with Crippen LogP contribution in [0.15, 0.2) is 52.4 Å². The summed E-state index contributed by atoms with van der Waals surface area (Å²) in [4.78, 5) is 22.6. The SMILES string of the molecule is COc1ccc([C@@H]2C(C)=Nc3ccccc3N=C2NC(=O)NC2CCCCC2)cc1OC. The van der Waals surface area contributed by atoms with Crippen LogP contribution in [0.4, 0.5) is 16.2 Å². The number of methoxy groups -OCH3 is 2. The lowest BCUT2D eigenvalue weighted by Crippen LogP contribution is -2.47. The lowest BCUT2D eigenvalue weighted by Gasteiger charge is -2.25. The summed E-state index contributed by atoms with van der Waals surface area (Å²) in [6.45, 7) is 1.96. The van der Waals surface area contributed by atoms with Gasteiger partial charge in [0.05, 0.1) is 31.5 Å². The van der Waals surface area contributed by atoms with E-state index in [1.165, 1.54) is 6.42 Å². The molecule has 2 amide bonds. The fraction of sp³-hybridized carbons (Fsp3) is 0.400. The Bertz CT molecular complexity index is 1040. The number of amides is 2. The largest absolute Gasteiger partial charge is 0.493 e. The third kappa shape index (κ3) is 4.77. The number of rotatable bonds is 4. The van der Waals surface area contributed by atoms with Gasteiger partial charge < -0.3 is 14.8 Å². The number of carbonyl (C=O) groups excluding carboxylic acids is 1. The molecule has 7 heteroatoms. The van der Waals surface area contributed by atoms with Crippen LogP contribution in [0.2, 0.25) is 0 Å². The second kappa shape index (κ2) is 9.85. The van der Waals surface area contributed by atoms with Gasteiger partial charge in [0.1, 0.15) is 5.84 Å². The van der Waals surface area contributed by atoms with Gasteiger partial charge >= 0.3 is 6.03 Å². The van der Waals surface area contributed by atoms with Gasteiger partial charge in [0.25, 0.3) is 0 Å². The first kappa shape index (κ1) is 21.9. The van der Waals surface area contributed by atoms with Crippen molar-refractivity contribution in [2.75, 3.05) is 14.2 Å². The number of aliphatic imine (C=N–C) groups is 2. The predicted molar refractivity (Wildman–Crippen MR) is 127 cm³/mol. The number of nitrogens with zero attached hydrogens (tertiary/aromatic N) is 2.